The van der Waals surface area contributed by atoms with Gasteiger partial charge in [-0.3, -0.25) is 9.59 Å². The van der Waals surface area contributed by atoms with Crippen LogP contribution in [-0.2, 0) is 19.1 Å². The summed E-state index contributed by atoms with van der Waals surface area (Å²) >= 11 is 0. The van der Waals surface area contributed by atoms with Gasteiger partial charge in [-0.25, -0.2) is 0 Å². The predicted octanol–water partition coefficient (Wildman–Crippen LogP) is 13.7. The van der Waals surface area contributed by atoms with E-state index in [-0.39, 0.29) is 24.6 Å². The maximum Gasteiger partial charge on any atom is 0.311 e. The van der Waals surface area contributed by atoms with Gasteiger partial charge in [0.25, 0.3) is 0 Å². The van der Waals surface area contributed by atoms with Gasteiger partial charge in [0.15, 0.2) is 0 Å². The highest BCUT2D eigenvalue weighted by molar-refractivity contribution is 5.76. The number of carbonyl (C=O) groups excluding carboxylic acids is 2. The summed E-state index contributed by atoms with van der Waals surface area (Å²) in [7, 11) is 0. The van der Waals surface area contributed by atoms with E-state index in [0.29, 0.717) is 13.0 Å². The number of nitrogens with zero attached hydrogens (tertiary/aromatic N) is 1. The zero-order chi connectivity index (χ0) is 39.1. The van der Waals surface area contributed by atoms with Crippen LogP contribution in [0.2, 0.25) is 0 Å². The second kappa shape index (κ2) is 39.1. The number of ether oxygens (including phenoxy) is 2. The molecule has 0 saturated carbocycles. The first-order chi connectivity index (χ1) is 25.8. The van der Waals surface area contributed by atoms with Gasteiger partial charge in [0, 0.05) is 19.6 Å². The third kappa shape index (κ3) is 35.0. The van der Waals surface area contributed by atoms with E-state index in [1.807, 2.05) is 0 Å². The molecule has 316 valence electrons. The van der Waals surface area contributed by atoms with Gasteiger partial charge >= 0.3 is 11.9 Å². The normalized spacial score (nSPS) is 11.9. The second-order valence-corrected chi connectivity index (χ2v) is 17.0. The highest BCUT2D eigenvalue weighted by Gasteiger charge is 2.30. The summed E-state index contributed by atoms with van der Waals surface area (Å²) in [6.07, 6.45) is 38.5. The van der Waals surface area contributed by atoms with Gasteiger partial charge in [0.2, 0.25) is 0 Å². The first kappa shape index (κ1) is 51.9. The first-order valence-corrected chi connectivity index (χ1v) is 23.5. The molecule has 0 radical (unpaired) electrons. The topological polar surface area (TPSA) is 76.1 Å². The maximum absolute atomic E-state index is 13.4. The Labute approximate surface area is 331 Å². The molecule has 0 atom stereocenters. The Hall–Kier alpha value is -1.14. The van der Waals surface area contributed by atoms with Gasteiger partial charge in [-0.1, -0.05) is 162 Å². The fourth-order valence-corrected chi connectivity index (χ4v) is 7.32. The van der Waals surface area contributed by atoms with Crippen molar-refractivity contribution in [3.05, 3.63) is 0 Å². The van der Waals surface area contributed by atoms with Gasteiger partial charge in [-0.2, -0.15) is 0 Å². The van der Waals surface area contributed by atoms with Crippen molar-refractivity contribution < 1.29 is 24.2 Å². The van der Waals surface area contributed by atoms with E-state index in [1.165, 1.54) is 148 Å². The summed E-state index contributed by atoms with van der Waals surface area (Å²) < 4.78 is 11.6. The van der Waals surface area contributed by atoms with Crippen LogP contribution in [0.15, 0.2) is 0 Å². The summed E-state index contributed by atoms with van der Waals surface area (Å²) in [6.45, 7) is 14.9. The average Bonchev–Trinajstić information content (AvgIpc) is 3.14. The van der Waals surface area contributed by atoms with Gasteiger partial charge < -0.3 is 19.5 Å². The summed E-state index contributed by atoms with van der Waals surface area (Å²) in [5, 5.41) is 9.43. The smallest absolute Gasteiger partial charge is 0.311 e. The Morgan fingerprint density at radius 1 is 0.528 bits per heavy atom. The van der Waals surface area contributed by atoms with Crippen LogP contribution in [0.5, 0.6) is 0 Å². The number of aliphatic hydroxyl groups excluding tert-OH is 1. The zero-order valence-electron chi connectivity index (χ0n) is 36.5. The van der Waals surface area contributed by atoms with E-state index in [4.69, 9.17) is 9.47 Å². The highest BCUT2D eigenvalue weighted by atomic mass is 16.5. The molecule has 6 heteroatoms. The molecule has 0 amide bonds. The number of hydrogen-bond donors (Lipinski definition) is 1. The summed E-state index contributed by atoms with van der Waals surface area (Å²) in [5.41, 5.74) is -0.426. The van der Waals surface area contributed by atoms with Crippen molar-refractivity contribution in [1.29, 1.82) is 0 Å². The molecule has 0 aromatic carbocycles. The van der Waals surface area contributed by atoms with Crippen LogP contribution in [-0.4, -0.2) is 60.9 Å². The van der Waals surface area contributed by atoms with E-state index in [1.54, 1.807) is 0 Å². The summed E-state index contributed by atoms with van der Waals surface area (Å²) in [4.78, 5) is 27.9. The first-order valence-electron chi connectivity index (χ1n) is 23.5. The van der Waals surface area contributed by atoms with E-state index in [2.05, 4.69) is 39.5 Å². The highest BCUT2D eigenvalue weighted by Crippen LogP contribution is 2.28. The maximum atomic E-state index is 13.4. The fourth-order valence-electron chi connectivity index (χ4n) is 7.32. The SMILES string of the molecule is CCCCCCCCOC(=O)CCCCCCCCN(CCCO)CCCCCCC(C)(C)C(=O)OC(CCCCCCCC)CCCCCCCC. The monoisotopic (exact) mass is 752 g/mol. The minimum atomic E-state index is -0.426. The van der Waals surface area contributed by atoms with Crippen LogP contribution in [0.4, 0.5) is 0 Å². The largest absolute Gasteiger partial charge is 0.466 e. The van der Waals surface area contributed by atoms with Crippen molar-refractivity contribution >= 4 is 11.9 Å². The van der Waals surface area contributed by atoms with E-state index >= 15 is 0 Å². The molecule has 0 saturated heterocycles. The van der Waals surface area contributed by atoms with Crippen LogP contribution in [0.3, 0.4) is 0 Å². The molecule has 0 unspecified atom stereocenters. The lowest BCUT2D eigenvalue weighted by Crippen LogP contribution is -2.31. The number of rotatable bonds is 42. The Balaban J connectivity index is 4.25. The molecule has 0 aromatic rings. The van der Waals surface area contributed by atoms with Crippen LogP contribution < -0.4 is 0 Å². The molecule has 0 fully saturated rings. The molecule has 0 heterocycles. The van der Waals surface area contributed by atoms with E-state index in [9.17, 15) is 14.7 Å². The van der Waals surface area contributed by atoms with Crippen LogP contribution in [0.1, 0.15) is 247 Å². The third-order valence-corrected chi connectivity index (χ3v) is 11.1. The molecule has 0 aliphatic heterocycles. The van der Waals surface area contributed by atoms with Crippen molar-refractivity contribution in [2.75, 3.05) is 32.8 Å². The van der Waals surface area contributed by atoms with Crippen molar-refractivity contribution in [1.82, 2.24) is 4.90 Å². The van der Waals surface area contributed by atoms with Crippen LogP contribution in [0.25, 0.3) is 0 Å². The van der Waals surface area contributed by atoms with Crippen molar-refractivity contribution in [2.24, 2.45) is 5.41 Å². The molecule has 0 bridgehead atoms. The average molecular weight is 752 g/mol. The van der Waals surface area contributed by atoms with E-state index in [0.717, 1.165) is 77.4 Å². The fraction of sp³-hybridized carbons (Fsp3) is 0.957. The molecule has 0 aliphatic rings. The second-order valence-electron chi connectivity index (χ2n) is 17.0. The van der Waals surface area contributed by atoms with Gasteiger partial charge in [-0.15, -0.1) is 0 Å². The molecular weight excluding hydrogens is 659 g/mol. The molecular formula is C47H93NO5. The lowest BCUT2D eigenvalue weighted by Gasteiger charge is -2.27. The van der Waals surface area contributed by atoms with Crippen molar-refractivity contribution in [3.63, 3.8) is 0 Å². The number of unbranched alkanes of at least 4 members (excludes halogenated alkanes) is 23. The summed E-state index contributed by atoms with van der Waals surface area (Å²) in [6, 6.07) is 0. The van der Waals surface area contributed by atoms with Gasteiger partial charge in [-0.05, 0) is 91.1 Å². The zero-order valence-corrected chi connectivity index (χ0v) is 36.5. The molecule has 0 aliphatic carbocycles. The summed E-state index contributed by atoms with van der Waals surface area (Å²) in [5.74, 6) is -0.0124. The Morgan fingerprint density at radius 3 is 1.45 bits per heavy atom. The minimum absolute atomic E-state index is 0.0101. The molecule has 0 aromatic heterocycles. The standard InChI is InChI=1S/C47H93NO5/c1-6-9-12-15-20-27-35-44(36-28-21-16-13-10-7-2)53-46(51)47(4,5)38-30-23-25-32-40-48(41-34-42-49)39-31-24-19-18-22-29-37-45(50)52-43-33-26-17-14-11-8-3/h44,49H,6-43H2,1-5H3. The predicted molar refractivity (Wildman–Crippen MR) is 228 cm³/mol. The van der Waals surface area contributed by atoms with Crippen LogP contribution in [0, 0.1) is 5.41 Å². The molecule has 6 nitrogen and oxygen atoms in total. The Morgan fingerprint density at radius 2 is 0.943 bits per heavy atom. The quantitative estimate of drug-likeness (QED) is 0.0494. The molecule has 0 rings (SSSR count). The lowest BCUT2D eigenvalue weighted by atomic mass is 9.86. The minimum Gasteiger partial charge on any atom is -0.466 e. The Kier molecular flexibility index (Phi) is 38.3. The van der Waals surface area contributed by atoms with E-state index < -0.39 is 5.41 Å². The molecule has 53 heavy (non-hydrogen) atoms. The number of hydrogen-bond acceptors (Lipinski definition) is 6. The van der Waals surface area contributed by atoms with Crippen molar-refractivity contribution in [3.8, 4) is 0 Å². The third-order valence-electron chi connectivity index (χ3n) is 11.1. The lowest BCUT2D eigenvalue weighted by molar-refractivity contribution is -0.161. The van der Waals surface area contributed by atoms with Gasteiger partial charge in [0.05, 0.1) is 12.0 Å². The van der Waals surface area contributed by atoms with Gasteiger partial charge in [0.1, 0.15) is 6.10 Å². The molecule has 0 spiro atoms. The molecule has 1 N–H and O–H groups in total. The number of esters is 2. The van der Waals surface area contributed by atoms with Crippen molar-refractivity contribution in [2.45, 2.75) is 253 Å². The number of carbonyl (C=O) groups is 2. The number of aliphatic hydroxyl groups is 1. The Bertz CT molecular complexity index is 771. The van der Waals surface area contributed by atoms with Crippen LogP contribution >= 0.6 is 0 Å².